The van der Waals surface area contributed by atoms with Gasteiger partial charge in [0.1, 0.15) is 12.7 Å². The lowest BCUT2D eigenvalue weighted by Crippen LogP contribution is -2.43. The zero-order valence-corrected chi connectivity index (χ0v) is 21.8. The number of ether oxygens (including phenoxy) is 4. The number of rotatable bonds is 8. The number of esters is 3. The minimum atomic E-state index is -1.59. The van der Waals surface area contributed by atoms with Crippen LogP contribution in [0.4, 0.5) is 4.39 Å². The lowest BCUT2D eigenvalue weighted by molar-refractivity contribution is -0.0643. The second-order valence-electron chi connectivity index (χ2n) is 9.15. The van der Waals surface area contributed by atoms with Gasteiger partial charge in [-0.25, -0.2) is 19.2 Å². The zero-order valence-electron chi connectivity index (χ0n) is 21.8. The molecule has 0 amide bonds. The molecular weight excluding hydrogens is 551 g/mol. The summed E-state index contributed by atoms with van der Waals surface area (Å²) in [6.07, 6.45) is -5.28. The third-order valence-corrected chi connectivity index (χ3v) is 6.38. The molecule has 1 saturated heterocycles. The molecule has 0 spiro atoms. The number of benzene rings is 3. The van der Waals surface area contributed by atoms with Crippen LogP contribution in [-0.2, 0) is 18.9 Å². The summed E-state index contributed by atoms with van der Waals surface area (Å²) in [6, 6.07) is 23.8. The van der Waals surface area contributed by atoms with Gasteiger partial charge in [0, 0.05) is 0 Å². The predicted molar refractivity (Wildman–Crippen MR) is 143 cm³/mol. The van der Waals surface area contributed by atoms with Gasteiger partial charge in [-0.15, -0.1) is 0 Å². The highest BCUT2D eigenvalue weighted by Gasteiger charge is 2.51. The number of carbonyl (C=O) groups is 3. The van der Waals surface area contributed by atoms with Crippen molar-refractivity contribution < 1.29 is 37.7 Å². The predicted octanol–water partition coefficient (Wildman–Crippen LogP) is 2.88. The summed E-state index contributed by atoms with van der Waals surface area (Å²) in [6.45, 7) is -0.503. The minimum Gasteiger partial charge on any atom is -0.459 e. The maximum absolute atomic E-state index is 14.3. The summed E-state index contributed by atoms with van der Waals surface area (Å²) in [5.41, 5.74) is -1.84. The van der Waals surface area contributed by atoms with Gasteiger partial charge < -0.3 is 18.9 Å². The first-order valence-corrected chi connectivity index (χ1v) is 12.7. The summed E-state index contributed by atoms with van der Waals surface area (Å²) in [5.74, 6) is -3.73. The van der Waals surface area contributed by atoms with Crippen LogP contribution in [0.2, 0.25) is 0 Å². The molecule has 1 aromatic heterocycles. The van der Waals surface area contributed by atoms with Crippen molar-refractivity contribution in [3.8, 4) is 0 Å². The Bertz CT molecular complexity index is 1690. The van der Waals surface area contributed by atoms with E-state index in [0.29, 0.717) is 10.8 Å². The van der Waals surface area contributed by atoms with Crippen molar-refractivity contribution in [3.05, 3.63) is 141 Å². The van der Waals surface area contributed by atoms with Crippen molar-refractivity contribution in [1.29, 1.82) is 0 Å². The van der Waals surface area contributed by atoms with Gasteiger partial charge in [-0.2, -0.15) is 4.39 Å². The topological polar surface area (TPSA) is 143 Å². The van der Waals surface area contributed by atoms with Crippen molar-refractivity contribution in [2.24, 2.45) is 0 Å². The number of carbonyl (C=O) groups excluding carboxylic acids is 3. The summed E-state index contributed by atoms with van der Waals surface area (Å²) in [4.78, 5) is 65.1. The van der Waals surface area contributed by atoms with Crippen LogP contribution in [-0.4, -0.2) is 52.4 Å². The van der Waals surface area contributed by atoms with E-state index >= 15 is 0 Å². The van der Waals surface area contributed by atoms with Gasteiger partial charge in [-0.1, -0.05) is 54.6 Å². The molecule has 0 bridgehead atoms. The molecule has 2 heterocycles. The molecule has 3 aromatic carbocycles. The maximum Gasteiger partial charge on any atom is 0.338 e. The number of nitrogens with zero attached hydrogens (tertiary/aromatic N) is 1. The molecule has 5 rings (SSSR count). The molecule has 214 valence electrons. The first-order chi connectivity index (χ1) is 20.3. The molecule has 0 aliphatic carbocycles. The van der Waals surface area contributed by atoms with E-state index in [9.17, 15) is 28.4 Å². The molecule has 0 radical (unpaired) electrons. The van der Waals surface area contributed by atoms with E-state index < -0.39 is 66.1 Å². The highest BCUT2D eigenvalue weighted by Crippen LogP contribution is 2.34. The van der Waals surface area contributed by atoms with Crippen LogP contribution >= 0.6 is 0 Å². The molecule has 12 heteroatoms. The van der Waals surface area contributed by atoms with E-state index in [2.05, 4.69) is 0 Å². The number of nitrogens with one attached hydrogen (secondary N) is 1. The fraction of sp³-hybridized carbons (Fsp3) is 0.167. The van der Waals surface area contributed by atoms with Crippen LogP contribution < -0.4 is 11.2 Å². The van der Waals surface area contributed by atoms with Gasteiger partial charge >= 0.3 is 23.6 Å². The first kappa shape index (κ1) is 28.2. The number of hydrogen-bond acceptors (Lipinski definition) is 9. The monoisotopic (exact) mass is 574 g/mol. The van der Waals surface area contributed by atoms with Crippen molar-refractivity contribution in [2.45, 2.75) is 24.5 Å². The van der Waals surface area contributed by atoms with E-state index in [1.54, 1.807) is 54.6 Å². The fourth-order valence-corrected chi connectivity index (χ4v) is 4.33. The van der Waals surface area contributed by atoms with Gasteiger partial charge in [0.15, 0.2) is 18.4 Å². The Morgan fingerprint density at radius 3 is 1.74 bits per heavy atom. The van der Waals surface area contributed by atoms with Crippen molar-refractivity contribution >= 4 is 17.9 Å². The molecule has 1 aliphatic rings. The summed E-state index contributed by atoms with van der Waals surface area (Å²) >= 11 is 0. The van der Waals surface area contributed by atoms with Gasteiger partial charge in [-0.3, -0.25) is 14.3 Å². The number of aromatic nitrogens is 2. The molecule has 0 saturated carbocycles. The molecule has 4 atom stereocenters. The lowest BCUT2D eigenvalue weighted by Gasteiger charge is -2.25. The Morgan fingerprint density at radius 2 is 1.21 bits per heavy atom. The third kappa shape index (κ3) is 6.18. The fourth-order valence-electron chi connectivity index (χ4n) is 4.33. The molecule has 1 N–H and O–H groups in total. The van der Waals surface area contributed by atoms with Gasteiger partial charge in [0.2, 0.25) is 5.82 Å². The van der Waals surface area contributed by atoms with Crippen LogP contribution in [0.15, 0.2) is 107 Å². The minimum absolute atomic E-state index is 0.128. The highest BCUT2D eigenvalue weighted by molar-refractivity contribution is 5.91. The second kappa shape index (κ2) is 12.4. The van der Waals surface area contributed by atoms with Crippen molar-refractivity contribution in [1.82, 2.24) is 9.55 Å². The lowest BCUT2D eigenvalue weighted by atomic mass is 10.1. The molecule has 1 fully saturated rings. The number of halogens is 1. The van der Waals surface area contributed by atoms with Crippen LogP contribution in [0.5, 0.6) is 0 Å². The van der Waals surface area contributed by atoms with E-state index in [1.807, 2.05) is 4.98 Å². The Hall–Kier alpha value is -5.36. The van der Waals surface area contributed by atoms with E-state index in [1.165, 1.54) is 36.4 Å². The quantitative estimate of drug-likeness (QED) is 0.248. The van der Waals surface area contributed by atoms with Gasteiger partial charge in [-0.05, 0) is 36.4 Å². The molecule has 0 unspecified atom stereocenters. The molecule has 4 aromatic rings. The van der Waals surface area contributed by atoms with E-state index in [0.717, 1.165) is 0 Å². The van der Waals surface area contributed by atoms with Crippen LogP contribution in [0.25, 0.3) is 0 Å². The number of hydrogen-bond donors (Lipinski definition) is 1. The van der Waals surface area contributed by atoms with E-state index in [-0.39, 0.29) is 16.7 Å². The van der Waals surface area contributed by atoms with Gasteiger partial charge in [0.25, 0.3) is 5.56 Å². The molecule has 42 heavy (non-hydrogen) atoms. The van der Waals surface area contributed by atoms with Crippen LogP contribution in [0.1, 0.15) is 37.3 Å². The van der Waals surface area contributed by atoms with Crippen molar-refractivity contribution in [3.63, 3.8) is 0 Å². The Labute approximate surface area is 237 Å². The largest absolute Gasteiger partial charge is 0.459 e. The van der Waals surface area contributed by atoms with E-state index in [4.69, 9.17) is 18.9 Å². The average molecular weight is 575 g/mol. The summed E-state index contributed by atoms with van der Waals surface area (Å²) in [7, 11) is 0. The average Bonchev–Trinajstić information content (AvgIpc) is 3.34. The smallest absolute Gasteiger partial charge is 0.338 e. The number of H-pyrrole nitrogens is 1. The molecule has 11 nitrogen and oxygen atoms in total. The molecule has 1 aliphatic heterocycles. The number of aromatic amines is 1. The normalized spacial score (nSPS) is 19.5. The third-order valence-electron chi connectivity index (χ3n) is 6.38. The van der Waals surface area contributed by atoms with Crippen LogP contribution in [0, 0.1) is 5.82 Å². The second-order valence-corrected chi connectivity index (χ2v) is 9.15. The highest BCUT2D eigenvalue weighted by atomic mass is 19.1. The van der Waals surface area contributed by atoms with Gasteiger partial charge in [0.05, 0.1) is 22.9 Å². The van der Waals surface area contributed by atoms with Crippen LogP contribution in [0.3, 0.4) is 0 Å². The molecular formula is C30H23FN2O9. The SMILES string of the molecule is O=C(OC[C@@H]1O[C@@H](n2cc(F)c(=O)[nH]c2=O)[C@@H](OC(=O)c2ccccc2)[C@@H]1OC(=O)c1ccccc1)c1ccccc1. The summed E-state index contributed by atoms with van der Waals surface area (Å²) < 4.78 is 37.8. The Kier molecular flexibility index (Phi) is 8.34. The Morgan fingerprint density at radius 1 is 0.738 bits per heavy atom. The maximum atomic E-state index is 14.3. The zero-order chi connectivity index (χ0) is 29.6. The summed E-state index contributed by atoms with van der Waals surface area (Å²) in [5, 5.41) is 0. The van der Waals surface area contributed by atoms with Crippen molar-refractivity contribution in [2.75, 3.05) is 6.61 Å². The standard InChI is InChI=1S/C30H23FN2O9/c31-21-16-33(30(38)32-25(21)34)26-24(42-29(37)20-14-8-3-9-15-20)23(41-28(36)19-12-6-2-7-13-19)22(40-26)17-39-27(35)18-10-4-1-5-11-18/h1-16,22-24,26H,17H2,(H,32,34,38)/t22-,23+,24-,26+/m0/s1. The first-order valence-electron chi connectivity index (χ1n) is 12.7. The Balaban J connectivity index is 1.52.